The summed E-state index contributed by atoms with van der Waals surface area (Å²) in [4.78, 5) is 85.6. The number of hydrogen-bond acceptors (Lipinski definition) is 15. The molecule has 2 amide bonds. The zero-order valence-electron chi connectivity index (χ0n) is 35.3. The lowest BCUT2D eigenvalue weighted by atomic mass is 9.44. The van der Waals surface area contributed by atoms with E-state index in [1.165, 1.54) is 61.4 Å². The number of nitrogens with one attached hydrogen (secondary N) is 1. The molecule has 0 radical (unpaired) electrons. The molecule has 2 saturated carbocycles. The fourth-order valence-electron chi connectivity index (χ4n) is 10.1. The first kappa shape index (κ1) is 43.8. The van der Waals surface area contributed by atoms with Crippen molar-refractivity contribution in [3.8, 4) is 0 Å². The molecule has 4 N–H and O–H groups in total. The molecule has 3 heterocycles. The number of aliphatic hydroxyl groups excluding tert-OH is 2. The Labute approximate surface area is 362 Å². The second-order valence-electron chi connectivity index (χ2n) is 17.7. The maximum atomic E-state index is 15.6. The zero-order valence-corrected chi connectivity index (χ0v) is 35.3. The summed E-state index contributed by atoms with van der Waals surface area (Å²) in [5.41, 5.74) is -7.53. The summed E-state index contributed by atoms with van der Waals surface area (Å²) < 4.78 is 36.1. The van der Waals surface area contributed by atoms with Crippen LogP contribution in [0.4, 0.5) is 4.79 Å². The molecule has 1 aromatic heterocycles. The van der Waals surface area contributed by atoms with Gasteiger partial charge in [0.1, 0.15) is 35.7 Å². The summed E-state index contributed by atoms with van der Waals surface area (Å²) >= 11 is 0. The molecule has 2 aromatic carbocycles. The highest BCUT2D eigenvalue weighted by atomic mass is 16.6. The van der Waals surface area contributed by atoms with Gasteiger partial charge in [-0.3, -0.25) is 14.4 Å². The minimum absolute atomic E-state index is 0.00978. The number of esters is 3. The van der Waals surface area contributed by atoms with Crippen LogP contribution in [-0.4, -0.2) is 123 Å². The fraction of sp³-hybridized carbons (Fsp3) is 0.478. The standard InChI is InChI=1S/C46H50N2O15/c1-24-29(61-41(55)34(51)33(28-17-12-20-58-28)47-39(53)26-13-8-6-9-14-26)22-46(57)38(62-40(54)27-15-10-7-11-16-27)36-44(5,37(52)35(60-25(2)49)32(24)43(46,3)4)30(50)21-31-45(36,23-59-31)63-42(56)48-18-19-48/h6-17,20,29-31,33-36,38,50-51,57H,18-19,21-23H2,1-5H3,(H,47,53)/t29-,30-,31+,33-,34+,35+,36-,38-,44+,45-,46+/m0/s1. The number of carbonyl (C=O) groups excluding carboxylic acids is 6. The Kier molecular flexibility index (Phi) is 11.1. The van der Waals surface area contributed by atoms with E-state index in [0.29, 0.717) is 13.1 Å². The Hall–Kier alpha value is -5.88. The predicted molar refractivity (Wildman–Crippen MR) is 216 cm³/mol. The summed E-state index contributed by atoms with van der Waals surface area (Å²) in [5, 5.41) is 40.2. The Morgan fingerprint density at radius 2 is 1.56 bits per heavy atom. The number of aliphatic hydroxyl groups is 3. The van der Waals surface area contributed by atoms with Gasteiger partial charge in [0.2, 0.25) is 0 Å². The van der Waals surface area contributed by atoms with E-state index < -0.39 is 113 Å². The normalized spacial score (nSPS) is 32.5. The molecule has 2 bridgehead atoms. The van der Waals surface area contributed by atoms with Crippen LogP contribution in [0.25, 0.3) is 0 Å². The smallest absolute Gasteiger partial charge is 0.410 e. The van der Waals surface area contributed by atoms with Crippen LogP contribution in [0, 0.1) is 16.7 Å². The second-order valence-corrected chi connectivity index (χ2v) is 17.7. The number of nitrogens with zero attached hydrogens (tertiary/aromatic N) is 1. The molecular weight excluding hydrogens is 821 g/mol. The zero-order chi connectivity index (χ0) is 45.2. The SMILES string of the molecule is CC(=O)O[C@H]1C(=O)[C@@]2(C)[C@H]([C@H](OC(=O)c3ccccc3)[C@]3(O)C[C@H](OC(=O)[C@H](O)[C@@H](NC(=O)c4ccccc4)c4ccco4)C(C)=C1C3(C)C)[C@]1(OC(=O)N3CC3)CO[C@@H]1C[C@@H]2O. The molecule has 8 rings (SSSR count). The fourth-order valence-corrected chi connectivity index (χ4v) is 10.1. The van der Waals surface area contributed by atoms with Crippen molar-refractivity contribution in [2.45, 2.75) is 101 Å². The van der Waals surface area contributed by atoms with Gasteiger partial charge in [-0.15, -0.1) is 0 Å². The summed E-state index contributed by atoms with van der Waals surface area (Å²) in [7, 11) is 0. The molecule has 4 fully saturated rings. The first-order valence-corrected chi connectivity index (χ1v) is 20.8. The highest BCUT2D eigenvalue weighted by Gasteiger charge is 2.78. The molecule has 17 nitrogen and oxygen atoms in total. The monoisotopic (exact) mass is 870 g/mol. The van der Waals surface area contributed by atoms with Crippen molar-refractivity contribution < 1.29 is 72.2 Å². The van der Waals surface area contributed by atoms with Crippen LogP contribution in [-0.2, 0) is 38.1 Å². The molecular formula is C46H50N2O15. The van der Waals surface area contributed by atoms with Gasteiger partial charge >= 0.3 is 24.0 Å². The Morgan fingerprint density at radius 3 is 2.13 bits per heavy atom. The van der Waals surface area contributed by atoms with Gasteiger partial charge in [0.05, 0.1) is 35.9 Å². The minimum Gasteiger partial charge on any atom is -0.467 e. The van der Waals surface area contributed by atoms with Gasteiger partial charge in [-0.05, 0) is 61.4 Å². The number of fused-ring (bicyclic) bond motifs is 5. The molecule has 0 unspecified atom stereocenters. The highest BCUT2D eigenvalue weighted by molar-refractivity contribution is 5.96. The summed E-state index contributed by atoms with van der Waals surface area (Å²) in [5.74, 6) is -6.19. The first-order valence-electron chi connectivity index (χ1n) is 20.8. The summed E-state index contributed by atoms with van der Waals surface area (Å²) in [6.45, 7) is 7.59. The van der Waals surface area contributed by atoms with Gasteiger partial charge in [0.15, 0.2) is 23.6 Å². The lowest BCUT2D eigenvalue weighted by Gasteiger charge is -2.67. The average Bonchev–Trinajstić information content (AvgIpc) is 3.97. The van der Waals surface area contributed by atoms with Gasteiger partial charge in [0.25, 0.3) is 5.91 Å². The van der Waals surface area contributed by atoms with Crippen molar-refractivity contribution >= 4 is 35.7 Å². The number of furan rings is 1. The lowest BCUT2D eigenvalue weighted by Crippen LogP contribution is -2.82. The third kappa shape index (κ3) is 7.20. The van der Waals surface area contributed by atoms with Crippen molar-refractivity contribution in [3.63, 3.8) is 0 Å². The van der Waals surface area contributed by atoms with E-state index in [-0.39, 0.29) is 41.1 Å². The molecule has 5 aliphatic rings. The van der Waals surface area contributed by atoms with Gasteiger partial charge < -0.3 is 53.6 Å². The third-order valence-corrected chi connectivity index (χ3v) is 13.8. The first-order chi connectivity index (χ1) is 29.8. The number of benzene rings is 2. The van der Waals surface area contributed by atoms with Crippen LogP contribution in [0.15, 0.2) is 94.6 Å². The van der Waals surface area contributed by atoms with E-state index in [1.54, 1.807) is 50.2 Å². The number of ketones is 1. The molecule has 11 atom stereocenters. The molecule has 3 aliphatic carbocycles. The number of Topliss-reactive ketones (excluding diaryl/α,β-unsaturated/α-hetero) is 1. The van der Waals surface area contributed by atoms with E-state index >= 15 is 4.79 Å². The van der Waals surface area contributed by atoms with Gasteiger partial charge in [-0.25, -0.2) is 14.4 Å². The van der Waals surface area contributed by atoms with Gasteiger partial charge in [-0.2, -0.15) is 0 Å². The van der Waals surface area contributed by atoms with E-state index in [1.807, 2.05) is 0 Å². The number of rotatable bonds is 10. The maximum Gasteiger partial charge on any atom is 0.410 e. The Morgan fingerprint density at radius 1 is 0.905 bits per heavy atom. The van der Waals surface area contributed by atoms with Crippen molar-refractivity contribution in [3.05, 3.63) is 107 Å². The van der Waals surface area contributed by atoms with Crippen LogP contribution < -0.4 is 5.32 Å². The van der Waals surface area contributed by atoms with Crippen molar-refractivity contribution in [2.24, 2.45) is 16.7 Å². The van der Waals surface area contributed by atoms with Crippen LogP contribution in [0.5, 0.6) is 0 Å². The van der Waals surface area contributed by atoms with Crippen LogP contribution in [0.3, 0.4) is 0 Å². The largest absolute Gasteiger partial charge is 0.467 e. The molecule has 17 heteroatoms. The van der Waals surface area contributed by atoms with E-state index in [2.05, 4.69) is 5.32 Å². The average molecular weight is 871 g/mol. The number of carbonyl (C=O) groups is 6. The third-order valence-electron chi connectivity index (χ3n) is 13.8. The second kappa shape index (κ2) is 16.0. The molecule has 0 spiro atoms. The summed E-state index contributed by atoms with van der Waals surface area (Å²) in [6, 6.07) is 17.4. The van der Waals surface area contributed by atoms with Crippen molar-refractivity contribution in [2.75, 3.05) is 19.7 Å². The maximum absolute atomic E-state index is 15.6. The summed E-state index contributed by atoms with van der Waals surface area (Å²) in [6.07, 6.45) is -10.2. The lowest BCUT2D eigenvalue weighted by molar-refractivity contribution is -0.342. The number of ether oxygens (including phenoxy) is 5. The van der Waals surface area contributed by atoms with Gasteiger partial charge in [0, 0.05) is 43.8 Å². The molecule has 334 valence electrons. The molecule has 2 saturated heterocycles. The topological polar surface area (TPSA) is 237 Å². The van der Waals surface area contributed by atoms with E-state index in [0.717, 1.165) is 6.92 Å². The quantitative estimate of drug-likeness (QED) is 0.0991. The van der Waals surface area contributed by atoms with Crippen LogP contribution in [0.2, 0.25) is 0 Å². The Bertz CT molecular complexity index is 2330. The Balaban J connectivity index is 1.27. The highest BCUT2D eigenvalue weighted by Crippen LogP contribution is 2.64. The van der Waals surface area contributed by atoms with Crippen LogP contribution >= 0.6 is 0 Å². The van der Waals surface area contributed by atoms with E-state index in [9.17, 15) is 39.3 Å². The molecule has 63 heavy (non-hydrogen) atoms. The molecule has 2 aliphatic heterocycles. The number of hydrogen-bond donors (Lipinski definition) is 4. The number of amides is 2. The molecule has 3 aromatic rings. The van der Waals surface area contributed by atoms with Crippen molar-refractivity contribution in [1.82, 2.24) is 10.2 Å². The van der Waals surface area contributed by atoms with Crippen LogP contribution in [0.1, 0.15) is 80.0 Å². The predicted octanol–water partition coefficient (Wildman–Crippen LogP) is 3.22. The van der Waals surface area contributed by atoms with Gasteiger partial charge in [-0.1, -0.05) is 50.2 Å². The van der Waals surface area contributed by atoms with E-state index in [4.69, 9.17) is 28.1 Å². The minimum atomic E-state index is -2.41. The van der Waals surface area contributed by atoms with Crippen molar-refractivity contribution in [1.29, 1.82) is 0 Å².